The summed E-state index contributed by atoms with van der Waals surface area (Å²) >= 11 is 0. The van der Waals surface area contributed by atoms with Gasteiger partial charge in [0, 0.05) is 22.8 Å². The average Bonchev–Trinajstić information content (AvgIpc) is 2.98. The Kier molecular flexibility index (Phi) is 2.45. The largest absolute Gasteiger partial charge is 0.464 e. The van der Waals surface area contributed by atoms with Gasteiger partial charge in [-0.2, -0.15) is 0 Å². The van der Waals surface area contributed by atoms with Crippen LogP contribution in [0.25, 0.3) is 21.9 Å². The lowest BCUT2D eigenvalue weighted by molar-refractivity contribution is -0.134. The maximum Gasteiger partial charge on any atom is 0.234 e. The van der Waals surface area contributed by atoms with E-state index in [9.17, 15) is 9.59 Å². The second-order valence-corrected chi connectivity index (χ2v) is 5.44. The lowest BCUT2D eigenvalue weighted by Gasteiger charge is -2.19. The predicted molar refractivity (Wildman–Crippen MR) is 75.8 cm³/mol. The molecule has 1 atom stereocenters. The second-order valence-electron chi connectivity index (χ2n) is 5.44. The molecule has 21 heavy (non-hydrogen) atoms. The Morgan fingerprint density at radius 1 is 1.19 bits per heavy atom. The number of piperidine rings is 1. The molecule has 0 saturated carbocycles. The van der Waals surface area contributed by atoms with Crippen LogP contribution in [0.2, 0.25) is 0 Å². The van der Waals surface area contributed by atoms with E-state index in [0.717, 1.165) is 33.3 Å². The number of amides is 2. The lowest BCUT2D eigenvalue weighted by atomic mass is 9.90. The summed E-state index contributed by atoms with van der Waals surface area (Å²) in [6, 6.07) is 5.76. The summed E-state index contributed by atoms with van der Waals surface area (Å²) in [5, 5.41) is 4.22. The lowest BCUT2D eigenvalue weighted by Crippen LogP contribution is -2.39. The van der Waals surface area contributed by atoms with Crippen LogP contribution in [-0.2, 0) is 9.59 Å². The molecule has 1 fully saturated rings. The van der Waals surface area contributed by atoms with E-state index in [1.54, 1.807) is 6.26 Å². The fourth-order valence-electron chi connectivity index (χ4n) is 2.97. The van der Waals surface area contributed by atoms with Gasteiger partial charge in [0.2, 0.25) is 11.8 Å². The van der Waals surface area contributed by atoms with E-state index >= 15 is 0 Å². The van der Waals surface area contributed by atoms with Gasteiger partial charge in [0.15, 0.2) is 0 Å². The molecule has 0 aliphatic carbocycles. The molecular weight excluding hydrogens is 270 g/mol. The Morgan fingerprint density at radius 3 is 2.86 bits per heavy atom. The molecule has 1 aliphatic heterocycles. The fourth-order valence-corrected chi connectivity index (χ4v) is 2.97. The molecule has 4 rings (SSSR count). The van der Waals surface area contributed by atoms with Crippen molar-refractivity contribution >= 4 is 33.8 Å². The Balaban J connectivity index is 1.87. The van der Waals surface area contributed by atoms with Crippen LogP contribution in [0.3, 0.4) is 0 Å². The van der Waals surface area contributed by atoms with Crippen LogP contribution in [0.5, 0.6) is 0 Å². The van der Waals surface area contributed by atoms with Crippen molar-refractivity contribution in [2.75, 3.05) is 0 Å². The SMILES string of the molecule is Cc1cc2cc3occ([C@H]4CCC(=O)NC4=O)c3cc2o1. The first-order chi connectivity index (χ1) is 10.1. The van der Waals surface area contributed by atoms with Crippen LogP contribution in [0.4, 0.5) is 0 Å². The van der Waals surface area contributed by atoms with Gasteiger partial charge < -0.3 is 8.83 Å². The molecular formula is C16H13NO4. The molecule has 106 valence electrons. The Hall–Kier alpha value is -2.56. The number of nitrogens with one attached hydrogen (secondary N) is 1. The summed E-state index contributed by atoms with van der Waals surface area (Å²) in [6.07, 6.45) is 2.47. The zero-order chi connectivity index (χ0) is 14.6. The second kappa shape index (κ2) is 4.22. The normalized spacial score (nSPS) is 19.4. The van der Waals surface area contributed by atoms with Crippen molar-refractivity contribution in [3.63, 3.8) is 0 Å². The average molecular weight is 283 g/mol. The van der Waals surface area contributed by atoms with E-state index in [0.29, 0.717) is 12.8 Å². The first kappa shape index (κ1) is 12.2. The van der Waals surface area contributed by atoms with Crippen LogP contribution in [-0.4, -0.2) is 11.8 Å². The highest BCUT2D eigenvalue weighted by atomic mass is 16.3. The number of carbonyl (C=O) groups is 2. The van der Waals surface area contributed by atoms with E-state index in [2.05, 4.69) is 5.32 Å². The van der Waals surface area contributed by atoms with Crippen molar-refractivity contribution in [2.24, 2.45) is 0 Å². The third-order valence-electron chi connectivity index (χ3n) is 3.98. The number of hydrogen-bond acceptors (Lipinski definition) is 4. The van der Waals surface area contributed by atoms with Crippen molar-refractivity contribution in [3.8, 4) is 0 Å². The molecule has 0 spiro atoms. The molecule has 0 unspecified atom stereocenters. The van der Waals surface area contributed by atoms with E-state index in [4.69, 9.17) is 8.83 Å². The number of carbonyl (C=O) groups excluding carboxylic acids is 2. The first-order valence-electron chi connectivity index (χ1n) is 6.87. The topological polar surface area (TPSA) is 72.5 Å². The minimum Gasteiger partial charge on any atom is -0.464 e. The molecule has 1 aliphatic rings. The summed E-state index contributed by atoms with van der Waals surface area (Å²) in [6.45, 7) is 1.89. The Bertz CT molecular complexity index is 886. The summed E-state index contributed by atoms with van der Waals surface area (Å²) in [7, 11) is 0. The molecule has 2 amide bonds. The number of imide groups is 1. The highest BCUT2D eigenvalue weighted by Gasteiger charge is 2.30. The number of hydrogen-bond donors (Lipinski definition) is 1. The molecule has 2 aromatic heterocycles. The third-order valence-corrected chi connectivity index (χ3v) is 3.98. The number of rotatable bonds is 1. The molecule has 1 saturated heterocycles. The molecule has 3 heterocycles. The van der Waals surface area contributed by atoms with Gasteiger partial charge in [-0.15, -0.1) is 0 Å². The van der Waals surface area contributed by atoms with E-state index < -0.39 is 0 Å². The number of furan rings is 2. The van der Waals surface area contributed by atoms with Gasteiger partial charge in [0.1, 0.15) is 16.9 Å². The van der Waals surface area contributed by atoms with Crippen molar-refractivity contribution < 1.29 is 18.4 Å². The van der Waals surface area contributed by atoms with Crippen molar-refractivity contribution in [2.45, 2.75) is 25.7 Å². The zero-order valence-electron chi connectivity index (χ0n) is 11.4. The van der Waals surface area contributed by atoms with Gasteiger partial charge in [-0.25, -0.2) is 0 Å². The first-order valence-corrected chi connectivity index (χ1v) is 6.87. The van der Waals surface area contributed by atoms with Crippen LogP contribution in [0.1, 0.15) is 30.1 Å². The summed E-state index contributed by atoms with van der Waals surface area (Å²) in [5.41, 5.74) is 2.31. The van der Waals surface area contributed by atoms with Gasteiger partial charge in [-0.3, -0.25) is 14.9 Å². The van der Waals surface area contributed by atoms with Crippen LogP contribution < -0.4 is 5.32 Å². The predicted octanol–water partition coefficient (Wildman–Crippen LogP) is 3.01. The highest BCUT2D eigenvalue weighted by Crippen LogP contribution is 2.35. The molecule has 0 radical (unpaired) electrons. The molecule has 3 aromatic rings. The number of benzene rings is 1. The Labute approximate surface area is 119 Å². The quantitative estimate of drug-likeness (QED) is 0.697. The standard InChI is InChI=1S/C16H13NO4/c1-8-4-9-5-14-11(6-13(9)21-8)12(7-20-14)10-2-3-15(18)17-16(10)19/h4-7,10H,2-3H2,1H3,(H,17,18,19)/t10-/m1/s1. The van der Waals surface area contributed by atoms with E-state index in [-0.39, 0.29) is 17.7 Å². The molecule has 1 N–H and O–H groups in total. The van der Waals surface area contributed by atoms with Gasteiger partial charge >= 0.3 is 0 Å². The molecule has 0 bridgehead atoms. The number of fused-ring (bicyclic) bond motifs is 2. The maximum absolute atomic E-state index is 12.0. The zero-order valence-corrected chi connectivity index (χ0v) is 11.4. The van der Waals surface area contributed by atoms with Crippen molar-refractivity contribution in [3.05, 3.63) is 35.8 Å². The molecule has 1 aromatic carbocycles. The highest BCUT2D eigenvalue weighted by molar-refractivity contribution is 6.04. The fraction of sp³-hybridized carbons (Fsp3) is 0.250. The summed E-state index contributed by atoms with van der Waals surface area (Å²) < 4.78 is 11.2. The smallest absolute Gasteiger partial charge is 0.234 e. The molecule has 5 nitrogen and oxygen atoms in total. The minimum atomic E-state index is -0.350. The van der Waals surface area contributed by atoms with E-state index in [1.165, 1.54) is 0 Å². The Morgan fingerprint density at radius 2 is 2.05 bits per heavy atom. The maximum atomic E-state index is 12.0. The van der Waals surface area contributed by atoms with Gasteiger partial charge in [-0.1, -0.05) is 0 Å². The summed E-state index contributed by atoms with van der Waals surface area (Å²) in [4.78, 5) is 23.3. The minimum absolute atomic E-state index is 0.215. The van der Waals surface area contributed by atoms with Crippen LogP contribution >= 0.6 is 0 Å². The van der Waals surface area contributed by atoms with Crippen molar-refractivity contribution in [1.29, 1.82) is 0 Å². The van der Waals surface area contributed by atoms with E-state index in [1.807, 2.05) is 25.1 Å². The van der Waals surface area contributed by atoms with Crippen LogP contribution in [0, 0.1) is 6.92 Å². The third kappa shape index (κ3) is 1.85. The van der Waals surface area contributed by atoms with Crippen LogP contribution in [0.15, 0.2) is 33.3 Å². The van der Waals surface area contributed by atoms with Crippen molar-refractivity contribution in [1.82, 2.24) is 5.32 Å². The molecule has 5 heteroatoms. The monoisotopic (exact) mass is 283 g/mol. The summed E-state index contributed by atoms with van der Waals surface area (Å²) in [5.74, 6) is 0.00967. The number of aryl methyl sites for hydroxylation is 1. The van der Waals surface area contributed by atoms with Gasteiger partial charge in [-0.05, 0) is 31.5 Å². The van der Waals surface area contributed by atoms with Gasteiger partial charge in [0.25, 0.3) is 0 Å². The van der Waals surface area contributed by atoms with Gasteiger partial charge in [0.05, 0.1) is 12.2 Å².